The monoisotopic (exact) mass is 255 g/mol. The van der Waals surface area contributed by atoms with Gasteiger partial charge in [0.1, 0.15) is 0 Å². The standard InChI is InChI=1S/C7H7BrClN.ClH/c1-5-2-3-10-6(4-9)7(5)8;/h2-3H,4H2,1H3;1H. The molecular formula is C7H8BrCl2N. The largest absolute Gasteiger partial charge is 0.259 e. The minimum absolute atomic E-state index is 0. The molecular weight excluding hydrogens is 249 g/mol. The third-order valence-corrected chi connectivity index (χ3v) is 2.62. The summed E-state index contributed by atoms with van der Waals surface area (Å²) in [5, 5.41) is 0. The molecule has 0 N–H and O–H groups in total. The molecule has 0 radical (unpaired) electrons. The van der Waals surface area contributed by atoms with E-state index in [4.69, 9.17) is 11.6 Å². The first-order valence-corrected chi connectivity index (χ1v) is 4.24. The van der Waals surface area contributed by atoms with Gasteiger partial charge in [0.25, 0.3) is 0 Å². The zero-order valence-electron chi connectivity index (χ0n) is 5.97. The van der Waals surface area contributed by atoms with Crippen molar-refractivity contribution in [3.63, 3.8) is 0 Å². The van der Waals surface area contributed by atoms with Gasteiger partial charge in [-0.2, -0.15) is 0 Å². The van der Waals surface area contributed by atoms with Crippen molar-refractivity contribution in [2.24, 2.45) is 0 Å². The van der Waals surface area contributed by atoms with Crippen LogP contribution in [-0.2, 0) is 5.88 Å². The van der Waals surface area contributed by atoms with Crippen LogP contribution < -0.4 is 0 Å². The summed E-state index contributed by atoms with van der Waals surface area (Å²) in [6, 6.07) is 1.94. The second-order valence-corrected chi connectivity index (χ2v) is 3.08. The molecule has 0 amide bonds. The van der Waals surface area contributed by atoms with Gasteiger partial charge in [0.15, 0.2) is 0 Å². The summed E-state index contributed by atoms with van der Waals surface area (Å²) < 4.78 is 1.02. The molecule has 62 valence electrons. The Hall–Kier alpha value is 0.210. The van der Waals surface area contributed by atoms with Gasteiger partial charge in [-0.3, -0.25) is 4.98 Å². The second kappa shape index (κ2) is 4.96. The first-order valence-electron chi connectivity index (χ1n) is 2.91. The van der Waals surface area contributed by atoms with Crippen LogP contribution in [0.25, 0.3) is 0 Å². The number of nitrogens with zero attached hydrogens (tertiary/aromatic N) is 1. The maximum atomic E-state index is 5.61. The summed E-state index contributed by atoms with van der Waals surface area (Å²) in [4.78, 5) is 4.08. The lowest BCUT2D eigenvalue weighted by Gasteiger charge is -2.00. The van der Waals surface area contributed by atoms with Crippen LogP contribution in [-0.4, -0.2) is 4.98 Å². The maximum absolute atomic E-state index is 5.61. The zero-order valence-corrected chi connectivity index (χ0v) is 9.13. The average Bonchev–Trinajstić information content (AvgIpc) is 1.95. The lowest BCUT2D eigenvalue weighted by atomic mass is 10.2. The van der Waals surface area contributed by atoms with E-state index in [-0.39, 0.29) is 12.4 Å². The second-order valence-electron chi connectivity index (χ2n) is 2.02. The Morgan fingerprint density at radius 1 is 1.64 bits per heavy atom. The van der Waals surface area contributed by atoms with Gasteiger partial charge in [0.05, 0.1) is 11.6 Å². The number of hydrogen-bond acceptors (Lipinski definition) is 1. The smallest absolute Gasteiger partial charge is 0.0695 e. The Labute approximate surface area is 85.7 Å². The van der Waals surface area contributed by atoms with Gasteiger partial charge in [-0.05, 0) is 34.5 Å². The summed E-state index contributed by atoms with van der Waals surface area (Å²) in [7, 11) is 0. The molecule has 0 spiro atoms. The minimum Gasteiger partial charge on any atom is -0.259 e. The molecule has 1 rings (SSSR count). The Balaban J connectivity index is 0.000001000. The Morgan fingerprint density at radius 3 is 2.73 bits per heavy atom. The predicted octanol–water partition coefficient (Wildman–Crippen LogP) is 3.31. The van der Waals surface area contributed by atoms with Crippen molar-refractivity contribution in [1.82, 2.24) is 4.98 Å². The van der Waals surface area contributed by atoms with E-state index in [0.717, 1.165) is 10.2 Å². The molecule has 1 heterocycles. The molecule has 0 bridgehead atoms. The summed E-state index contributed by atoms with van der Waals surface area (Å²) in [6.45, 7) is 2.02. The number of aryl methyl sites for hydroxylation is 1. The van der Waals surface area contributed by atoms with Crippen molar-refractivity contribution in [2.45, 2.75) is 12.8 Å². The molecule has 11 heavy (non-hydrogen) atoms. The van der Waals surface area contributed by atoms with Crippen LogP contribution in [0.4, 0.5) is 0 Å². The normalized spacial score (nSPS) is 9.00. The molecule has 4 heteroatoms. The van der Waals surface area contributed by atoms with Gasteiger partial charge in [-0.1, -0.05) is 0 Å². The molecule has 0 aliphatic rings. The van der Waals surface area contributed by atoms with E-state index < -0.39 is 0 Å². The van der Waals surface area contributed by atoms with Crippen LogP contribution >= 0.6 is 39.9 Å². The number of hydrogen-bond donors (Lipinski definition) is 0. The fourth-order valence-corrected chi connectivity index (χ4v) is 1.43. The highest BCUT2D eigenvalue weighted by molar-refractivity contribution is 9.10. The van der Waals surface area contributed by atoms with Crippen molar-refractivity contribution in [3.05, 3.63) is 28.0 Å². The highest BCUT2D eigenvalue weighted by Gasteiger charge is 2.00. The molecule has 0 aromatic carbocycles. The Kier molecular flexibility index (Phi) is 5.06. The number of aromatic nitrogens is 1. The van der Waals surface area contributed by atoms with Gasteiger partial charge in [0.2, 0.25) is 0 Å². The van der Waals surface area contributed by atoms with E-state index in [2.05, 4.69) is 20.9 Å². The molecule has 1 aromatic heterocycles. The molecule has 1 nitrogen and oxygen atoms in total. The van der Waals surface area contributed by atoms with Gasteiger partial charge in [-0.15, -0.1) is 24.0 Å². The number of rotatable bonds is 1. The highest BCUT2D eigenvalue weighted by Crippen LogP contribution is 2.19. The topological polar surface area (TPSA) is 12.9 Å². The van der Waals surface area contributed by atoms with E-state index in [9.17, 15) is 0 Å². The molecule has 1 aromatic rings. The molecule has 0 saturated heterocycles. The highest BCUT2D eigenvalue weighted by atomic mass is 79.9. The van der Waals surface area contributed by atoms with Gasteiger partial charge < -0.3 is 0 Å². The van der Waals surface area contributed by atoms with E-state index in [0.29, 0.717) is 5.88 Å². The predicted molar refractivity (Wildman–Crippen MR) is 53.5 cm³/mol. The van der Waals surface area contributed by atoms with Gasteiger partial charge in [0, 0.05) is 10.7 Å². The molecule has 0 unspecified atom stereocenters. The number of halogens is 3. The zero-order chi connectivity index (χ0) is 7.56. The van der Waals surface area contributed by atoms with Crippen molar-refractivity contribution < 1.29 is 0 Å². The van der Waals surface area contributed by atoms with Crippen molar-refractivity contribution in [1.29, 1.82) is 0 Å². The van der Waals surface area contributed by atoms with Gasteiger partial charge >= 0.3 is 0 Å². The van der Waals surface area contributed by atoms with Crippen LogP contribution in [0.15, 0.2) is 16.7 Å². The van der Waals surface area contributed by atoms with Crippen molar-refractivity contribution >= 4 is 39.9 Å². The Morgan fingerprint density at radius 2 is 2.27 bits per heavy atom. The van der Waals surface area contributed by atoms with Crippen LogP contribution in [0.2, 0.25) is 0 Å². The summed E-state index contributed by atoms with van der Waals surface area (Å²) in [5.41, 5.74) is 2.08. The SMILES string of the molecule is Cc1ccnc(CCl)c1Br.Cl. The summed E-state index contributed by atoms with van der Waals surface area (Å²) in [6.07, 6.45) is 1.76. The minimum atomic E-state index is 0. The summed E-state index contributed by atoms with van der Waals surface area (Å²) >= 11 is 9.01. The molecule has 0 aliphatic heterocycles. The van der Waals surface area contributed by atoms with E-state index in [1.165, 1.54) is 5.56 Å². The van der Waals surface area contributed by atoms with Crippen LogP contribution in [0.1, 0.15) is 11.3 Å². The quantitative estimate of drug-likeness (QED) is 0.703. The van der Waals surface area contributed by atoms with Crippen molar-refractivity contribution in [2.75, 3.05) is 0 Å². The fraction of sp³-hybridized carbons (Fsp3) is 0.286. The van der Waals surface area contributed by atoms with Crippen molar-refractivity contribution in [3.8, 4) is 0 Å². The van der Waals surface area contributed by atoms with Crippen LogP contribution in [0.3, 0.4) is 0 Å². The summed E-state index contributed by atoms with van der Waals surface area (Å²) in [5.74, 6) is 0.461. The van der Waals surface area contributed by atoms with E-state index in [1.54, 1.807) is 6.20 Å². The molecule has 0 fully saturated rings. The average molecular weight is 257 g/mol. The lowest BCUT2D eigenvalue weighted by Crippen LogP contribution is -1.88. The van der Waals surface area contributed by atoms with E-state index >= 15 is 0 Å². The third kappa shape index (κ3) is 2.62. The Bertz CT molecular complexity index is 240. The van der Waals surface area contributed by atoms with Crippen LogP contribution in [0, 0.1) is 6.92 Å². The first kappa shape index (κ1) is 11.2. The van der Waals surface area contributed by atoms with Gasteiger partial charge in [-0.25, -0.2) is 0 Å². The molecule has 0 saturated carbocycles. The lowest BCUT2D eigenvalue weighted by molar-refractivity contribution is 1.13. The number of alkyl halides is 1. The third-order valence-electron chi connectivity index (χ3n) is 1.28. The first-order chi connectivity index (χ1) is 4.75. The number of pyridine rings is 1. The maximum Gasteiger partial charge on any atom is 0.0695 e. The molecule has 0 aliphatic carbocycles. The van der Waals surface area contributed by atoms with E-state index in [1.807, 2.05) is 13.0 Å². The van der Waals surface area contributed by atoms with Crippen LogP contribution in [0.5, 0.6) is 0 Å². The fourth-order valence-electron chi connectivity index (χ4n) is 0.690. The molecule has 0 atom stereocenters.